The van der Waals surface area contributed by atoms with Gasteiger partial charge in [-0.3, -0.25) is 4.79 Å². The maximum atomic E-state index is 12.2. The number of hydrogen-bond acceptors (Lipinski definition) is 5. The van der Waals surface area contributed by atoms with E-state index in [1.165, 1.54) is 11.8 Å². The second kappa shape index (κ2) is 7.30. The van der Waals surface area contributed by atoms with Gasteiger partial charge in [-0.25, -0.2) is 0 Å². The van der Waals surface area contributed by atoms with Crippen LogP contribution in [-0.4, -0.2) is 40.8 Å². The van der Waals surface area contributed by atoms with Gasteiger partial charge in [0.2, 0.25) is 0 Å². The monoisotopic (exact) mass is 346 g/mol. The Morgan fingerprint density at radius 1 is 1.42 bits per heavy atom. The molecule has 1 aromatic rings. The molecule has 1 fully saturated rings. The number of likely N-dealkylation sites (tertiary alicyclic amines) is 1. The van der Waals surface area contributed by atoms with Gasteiger partial charge in [0.1, 0.15) is 0 Å². The topological polar surface area (TPSA) is 62.1 Å². The van der Waals surface area contributed by atoms with Crippen molar-refractivity contribution < 1.29 is 14.6 Å². The van der Waals surface area contributed by atoms with Gasteiger partial charge in [-0.2, -0.15) is 4.99 Å². The van der Waals surface area contributed by atoms with Gasteiger partial charge >= 0.3 is 0 Å². The van der Waals surface area contributed by atoms with E-state index in [0.29, 0.717) is 17.3 Å². The van der Waals surface area contributed by atoms with E-state index in [-0.39, 0.29) is 11.7 Å². The Morgan fingerprint density at radius 2 is 2.17 bits per heavy atom. The smallest absolute Gasteiger partial charge is 0.286 e. The first-order valence-corrected chi connectivity index (χ1v) is 9.11. The molecule has 0 saturated carbocycles. The Hall–Kier alpha value is -1.95. The van der Waals surface area contributed by atoms with E-state index in [9.17, 15) is 9.90 Å². The quantitative estimate of drug-likeness (QED) is 0.849. The van der Waals surface area contributed by atoms with Crippen LogP contribution in [0.15, 0.2) is 28.1 Å². The molecule has 0 unspecified atom stereocenters. The predicted octanol–water partition coefficient (Wildman–Crippen LogP) is 3.49. The van der Waals surface area contributed by atoms with Gasteiger partial charge in [-0.05, 0) is 61.2 Å². The highest BCUT2D eigenvalue weighted by Crippen LogP contribution is 2.34. The van der Waals surface area contributed by atoms with Crippen molar-refractivity contribution in [2.75, 3.05) is 19.7 Å². The summed E-state index contributed by atoms with van der Waals surface area (Å²) in [6.45, 7) is 6.52. The lowest BCUT2D eigenvalue weighted by Crippen LogP contribution is -2.35. The zero-order valence-corrected chi connectivity index (χ0v) is 14.8. The Bertz CT molecular complexity index is 692. The van der Waals surface area contributed by atoms with Gasteiger partial charge in [-0.15, -0.1) is 0 Å². The van der Waals surface area contributed by atoms with Crippen LogP contribution in [-0.2, 0) is 4.79 Å². The van der Waals surface area contributed by atoms with E-state index in [0.717, 1.165) is 42.6 Å². The average Bonchev–Trinajstić information content (AvgIpc) is 2.92. The number of ether oxygens (including phenoxy) is 1. The number of benzene rings is 1. The lowest BCUT2D eigenvalue weighted by molar-refractivity contribution is -0.113. The SMILES string of the molecule is CCOc1cc(C=C2SC(N3CCC(C)CC3)=NC2=O)ccc1O. The lowest BCUT2D eigenvalue weighted by Gasteiger charge is -2.30. The standard InChI is InChI=1S/C18H22N2O3S/c1-3-23-15-10-13(4-5-14(15)21)11-16-17(22)19-18(24-16)20-8-6-12(2)7-9-20/h4-5,10-12,21H,3,6-9H2,1-2H3. The molecule has 1 saturated heterocycles. The molecular formula is C18H22N2O3S. The number of carbonyl (C=O) groups is 1. The van der Waals surface area contributed by atoms with E-state index in [1.54, 1.807) is 24.3 Å². The molecule has 1 amide bonds. The first kappa shape index (κ1) is 16.9. The van der Waals surface area contributed by atoms with Crippen LogP contribution in [0.2, 0.25) is 0 Å². The zero-order chi connectivity index (χ0) is 17.1. The number of amides is 1. The number of thioether (sulfide) groups is 1. The Balaban J connectivity index is 1.73. The van der Waals surface area contributed by atoms with Crippen molar-refractivity contribution in [1.82, 2.24) is 4.90 Å². The van der Waals surface area contributed by atoms with E-state index >= 15 is 0 Å². The van der Waals surface area contributed by atoms with Crippen LogP contribution in [0.1, 0.15) is 32.3 Å². The third-order valence-corrected chi connectivity index (χ3v) is 5.29. The third kappa shape index (κ3) is 3.75. The van der Waals surface area contributed by atoms with Gasteiger partial charge in [0, 0.05) is 13.1 Å². The summed E-state index contributed by atoms with van der Waals surface area (Å²) in [7, 11) is 0. The second-order valence-corrected chi connectivity index (χ2v) is 7.15. The zero-order valence-electron chi connectivity index (χ0n) is 14.0. The first-order chi connectivity index (χ1) is 11.6. The van der Waals surface area contributed by atoms with Crippen LogP contribution in [0.4, 0.5) is 0 Å². The van der Waals surface area contributed by atoms with E-state index < -0.39 is 0 Å². The number of hydrogen-bond donors (Lipinski definition) is 1. The molecule has 2 aliphatic heterocycles. The third-order valence-electron chi connectivity index (χ3n) is 4.24. The fourth-order valence-electron chi connectivity index (χ4n) is 2.78. The fourth-order valence-corrected chi connectivity index (χ4v) is 3.74. The van der Waals surface area contributed by atoms with Crippen LogP contribution in [0.5, 0.6) is 11.5 Å². The molecular weight excluding hydrogens is 324 g/mol. The summed E-state index contributed by atoms with van der Waals surface area (Å²) in [5.41, 5.74) is 0.816. The molecule has 5 nitrogen and oxygen atoms in total. The van der Waals surface area contributed by atoms with Crippen molar-refractivity contribution in [3.05, 3.63) is 28.7 Å². The largest absolute Gasteiger partial charge is 0.504 e. The van der Waals surface area contributed by atoms with Gasteiger partial charge in [0.05, 0.1) is 11.5 Å². The highest BCUT2D eigenvalue weighted by molar-refractivity contribution is 8.18. The number of phenolic OH excluding ortho intramolecular Hbond substituents is 1. The summed E-state index contributed by atoms with van der Waals surface area (Å²) < 4.78 is 5.39. The maximum absolute atomic E-state index is 12.2. The number of aromatic hydroxyl groups is 1. The maximum Gasteiger partial charge on any atom is 0.286 e. The summed E-state index contributed by atoms with van der Waals surface area (Å²) in [6, 6.07) is 5.08. The Kier molecular flexibility index (Phi) is 5.14. The molecule has 2 heterocycles. The summed E-state index contributed by atoms with van der Waals surface area (Å²) in [5.74, 6) is 1.07. The number of rotatable bonds is 3. The Labute approximate surface area is 146 Å². The molecule has 0 bridgehead atoms. The van der Waals surface area contributed by atoms with Crippen LogP contribution in [0.25, 0.3) is 6.08 Å². The van der Waals surface area contributed by atoms with Crippen LogP contribution in [0, 0.1) is 5.92 Å². The van der Waals surface area contributed by atoms with Crippen molar-refractivity contribution in [1.29, 1.82) is 0 Å². The minimum Gasteiger partial charge on any atom is -0.504 e. The Morgan fingerprint density at radius 3 is 2.88 bits per heavy atom. The minimum atomic E-state index is -0.195. The second-order valence-electron chi connectivity index (χ2n) is 6.14. The molecule has 3 rings (SSSR count). The molecule has 1 N–H and O–H groups in total. The first-order valence-electron chi connectivity index (χ1n) is 8.30. The van der Waals surface area contributed by atoms with Crippen molar-refractivity contribution in [3.63, 3.8) is 0 Å². The van der Waals surface area contributed by atoms with E-state index in [2.05, 4.69) is 16.8 Å². The molecule has 0 aromatic heterocycles. The van der Waals surface area contributed by atoms with Gasteiger partial charge in [-0.1, -0.05) is 13.0 Å². The van der Waals surface area contributed by atoms with Crippen LogP contribution in [0.3, 0.4) is 0 Å². The van der Waals surface area contributed by atoms with Crippen molar-refractivity contribution in [3.8, 4) is 11.5 Å². The van der Waals surface area contributed by atoms with E-state index in [1.807, 2.05) is 6.92 Å². The van der Waals surface area contributed by atoms with Gasteiger partial charge in [0.15, 0.2) is 16.7 Å². The molecule has 2 aliphatic rings. The van der Waals surface area contributed by atoms with Crippen molar-refractivity contribution >= 4 is 28.9 Å². The highest BCUT2D eigenvalue weighted by Gasteiger charge is 2.28. The number of piperidine rings is 1. The highest BCUT2D eigenvalue weighted by atomic mass is 32.2. The average molecular weight is 346 g/mol. The van der Waals surface area contributed by atoms with Gasteiger partial charge in [0.25, 0.3) is 5.91 Å². The predicted molar refractivity (Wildman–Crippen MR) is 97.3 cm³/mol. The molecule has 0 radical (unpaired) electrons. The summed E-state index contributed by atoms with van der Waals surface area (Å²) in [5, 5.41) is 10.6. The molecule has 24 heavy (non-hydrogen) atoms. The van der Waals surface area contributed by atoms with Crippen molar-refractivity contribution in [2.24, 2.45) is 10.9 Å². The van der Waals surface area contributed by atoms with Crippen LogP contribution < -0.4 is 4.74 Å². The molecule has 6 heteroatoms. The summed E-state index contributed by atoms with van der Waals surface area (Å²) in [6.07, 6.45) is 4.09. The molecule has 128 valence electrons. The number of aliphatic imine (C=N–C) groups is 1. The lowest BCUT2D eigenvalue weighted by atomic mass is 10.00. The summed E-state index contributed by atoms with van der Waals surface area (Å²) in [4.78, 5) is 19.2. The molecule has 1 aromatic carbocycles. The number of carbonyl (C=O) groups excluding carboxylic acids is 1. The van der Waals surface area contributed by atoms with E-state index in [4.69, 9.17) is 4.74 Å². The number of phenols is 1. The fraction of sp³-hybridized carbons (Fsp3) is 0.444. The minimum absolute atomic E-state index is 0.101. The molecule has 0 aliphatic carbocycles. The van der Waals surface area contributed by atoms with Gasteiger partial charge < -0.3 is 14.7 Å². The normalized spacial score (nSPS) is 20.6. The number of amidine groups is 1. The molecule has 0 atom stereocenters. The van der Waals surface area contributed by atoms with Crippen molar-refractivity contribution in [2.45, 2.75) is 26.7 Å². The molecule has 0 spiro atoms. The summed E-state index contributed by atoms with van der Waals surface area (Å²) >= 11 is 1.43. The number of nitrogens with zero attached hydrogens (tertiary/aromatic N) is 2. The van der Waals surface area contributed by atoms with Crippen LogP contribution >= 0.6 is 11.8 Å².